The van der Waals surface area contributed by atoms with E-state index in [1.165, 1.54) is 81.9 Å². The SMILES string of the molecule is [C-]#[N+]C(C)Cc1cc2sc(-c3ccc(N(c4ccc(-c5ccc(-c6ccc(CCCCCC)s6)s5)cc4)c4ccc(-c5cc6sc(/C=C(\C#N)OC=O)cc6s5)cc4)cc3)cc2s1. The van der Waals surface area contributed by atoms with Crippen LogP contribution in [0.15, 0.2) is 127 Å². The first-order valence-corrected chi connectivity index (χ1v) is 25.7. The number of carbonyl (C=O) groups is 1. The predicted octanol–water partition coefficient (Wildman–Crippen LogP) is 17.5. The molecule has 6 heterocycles. The van der Waals surface area contributed by atoms with E-state index in [1.54, 1.807) is 40.1 Å². The Labute approximate surface area is 391 Å². The zero-order valence-electron chi connectivity index (χ0n) is 34.6. The number of hydrogen-bond donors (Lipinski definition) is 0. The van der Waals surface area contributed by atoms with Crippen LogP contribution in [0.25, 0.3) is 70.8 Å². The molecule has 9 aromatic rings. The van der Waals surface area contributed by atoms with Gasteiger partial charge in [0.25, 0.3) is 6.47 Å². The molecule has 1 atom stereocenters. The summed E-state index contributed by atoms with van der Waals surface area (Å²) in [5.74, 6) is -0.0237. The molecule has 0 saturated carbocycles. The highest BCUT2D eigenvalue weighted by Gasteiger charge is 2.17. The van der Waals surface area contributed by atoms with Crippen molar-refractivity contribution in [1.29, 1.82) is 5.26 Å². The molecule has 9 rings (SSSR count). The number of allylic oxidation sites excluding steroid dienone is 1. The van der Waals surface area contributed by atoms with Crippen LogP contribution in [0.4, 0.5) is 17.1 Å². The van der Waals surface area contributed by atoms with Crippen LogP contribution in [-0.4, -0.2) is 12.5 Å². The molecule has 0 saturated heterocycles. The van der Waals surface area contributed by atoms with Crippen molar-refractivity contribution in [3.63, 3.8) is 0 Å². The summed E-state index contributed by atoms with van der Waals surface area (Å²) in [6.45, 7) is 11.9. The average molecular weight is 932 g/mol. The Balaban J connectivity index is 0.987. The molecule has 0 bridgehead atoms. The lowest BCUT2D eigenvalue weighted by atomic mass is 10.1. The molecule has 0 radical (unpaired) electrons. The van der Waals surface area contributed by atoms with Crippen LogP contribution in [0, 0.1) is 17.9 Å². The number of hydrogen-bond acceptors (Lipinski definition) is 10. The van der Waals surface area contributed by atoms with Crippen LogP contribution in [-0.2, 0) is 22.4 Å². The molecule has 0 aliphatic heterocycles. The van der Waals surface area contributed by atoms with E-state index >= 15 is 0 Å². The summed E-state index contributed by atoms with van der Waals surface area (Å²) < 4.78 is 9.58. The van der Waals surface area contributed by atoms with E-state index in [2.05, 4.69) is 132 Å². The van der Waals surface area contributed by atoms with Crippen LogP contribution in [0.3, 0.4) is 0 Å². The number of carbonyl (C=O) groups excluding carboxylic acids is 1. The van der Waals surface area contributed by atoms with E-state index in [9.17, 15) is 10.1 Å². The molecule has 11 heteroatoms. The number of fused-ring (bicyclic) bond motifs is 2. The summed E-state index contributed by atoms with van der Waals surface area (Å²) in [4.78, 5) is 26.7. The smallest absolute Gasteiger partial charge is 0.299 e. The van der Waals surface area contributed by atoms with Crippen LogP contribution in [0.2, 0.25) is 0 Å². The molecule has 312 valence electrons. The number of aryl methyl sites for hydroxylation is 1. The van der Waals surface area contributed by atoms with Crippen molar-refractivity contribution in [1.82, 2.24) is 0 Å². The van der Waals surface area contributed by atoms with Gasteiger partial charge in [0, 0.05) is 87.9 Å². The maximum atomic E-state index is 10.8. The number of unbranched alkanes of at least 4 members (excludes halogenated alkanes) is 3. The number of nitriles is 1. The van der Waals surface area contributed by atoms with E-state index in [0.29, 0.717) is 0 Å². The molecule has 6 aromatic heterocycles. The van der Waals surface area contributed by atoms with Gasteiger partial charge in [-0.05, 0) is 114 Å². The third kappa shape index (κ3) is 9.66. The fourth-order valence-corrected chi connectivity index (χ4v) is 14.6. The highest BCUT2D eigenvalue weighted by Crippen LogP contribution is 2.44. The number of ether oxygens (including phenoxy) is 1. The van der Waals surface area contributed by atoms with Gasteiger partial charge in [0.1, 0.15) is 6.07 Å². The van der Waals surface area contributed by atoms with Gasteiger partial charge in [-0.2, -0.15) is 5.26 Å². The molecule has 0 N–H and O–H groups in total. The molecular weight excluding hydrogens is 891 g/mol. The standard InChI is InChI=1S/C52H41N3O2S6/c1-4-5-6-7-8-41-21-22-45(58-41)46-24-23-44(61-46)34-9-15-37(16-10-34)55(38-17-11-35(12-18-38)47-29-51-49(62-47)27-42(59-51)25-33(2)54-3)39-19-13-36(14-20-39)48-30-52-50(63-48)28-43(60-52)26-40(31-53)57-32-56/h9-24,26-30,32-33H,4-8,25H2,1-2H3/b40-26+. The van der Waals surface area contributed by atoms with Gasteiger partial charge in [0.2, 0.25) is 11.8 Å². The third-order valence-corrected chi connectivity index (χ3v) is 17.9. The molecular formula is C52H41N3O2S6. The van der Waals surface area contributed by atoms with E-state index in [-0.39, 0.29) is 18.3 Å². The molecule has 1 unspecified atom stereocenters. The predicted molar refractivity (Wildman–Crippen MR) is 273 cm³/mol. The maximum Gasteiger partial charge on any atom is 0.299 e. The molecule has 5 nitrogen and oxygen atoms in total. The summed E-state index contributed by atoms with van der Waals surface area (Å²) >= 11 is 10.7. The van der Waals surface area contributed by atoms with Crippen molar-refractivity contribution in [2.45, 2.75) is 58.4 Å². The van der Waals surface area contributed by atoms with Gasteiger partial charge in [-0.1, -0.05) is 62.6 Å². The average Bonchev–Trinajstić information content (AvgIpc) is 4.17. The summed E-state index contributed by atoms with van der Waals surface area (Å²) in [5.41, 5.74) is 6.73. The first-order valence-electron chi connectivity index (χ1n) is 20.8. The van der Waals surface area contributed by atoms with E-state index in [0.717, 1.165) is 48.2 Å². The highest BCUT2D eigenvalue weighted by atomic mass is 32.1. The summed E-state index contributed by atoms with van der Waals surface area (Å²) in [6.07, 6.45) is 8.72. The third-order valence-electron chi connectivity index (χ3n) is 10.8. The molecule has 0 aliphatic carbocycles. The van der Waals surface area contributed by atoms with E-state index in [1.807, 2.05) is 53.1 Å². The Kier molecular flexibility index (Phi) is 13.1. The van der Waals surface area contributed by atoms with Gasteiger partial charge < -0.3 is 14.5 Å². The first-order chi connectivity index (χ1) is 30.9. The lowest BCUT2D eigenvalue weighted by Crippen LogP contribution is -2.09. The Hall–Kier alpha value is -5.63. The van der Waals surface area contributed by atoms with Gasteiger partial charge in [0.05, 0.1) is 6.42 Å². The fraction of sp³-hybridized carbons (Fsp3) is 0.173. The Bertz CT molecular complexity index is 3060. The van der Waals surface area contributed by atoms with Gasteiger partial charge >= 0.3 is 0 Å². The second-order valence-electron chi connectivity index (χ2n) is 15.3. The van der Waals surface area contributed by atoms with Crippen LogP contribution in [0.1, 0.15) is 54.2 Å². The van der Waals surface area contributed by atoms with Crippen molar-refractivity contribution in [2.24, 2.45) is 0 Å². The molecule has 63 heavy (non-hydrogen) atoms. The highest BCUT2D eigenvalue weighted by molar-refractivity contribution is 7.30. The minimum absolute atomic E-state index is 0.000452. The molecule has 3 aromatic carbocycles. The van der Waals surface area contributed by atoms with Gasteiger partial charge in [-0.3, -0.25) is 4.79 Å². The largest absolute Gasteiger partial charge is 0.417 e. The Morgan fingerprint density at radius 1 is 0.651 bits per heavy atom. The summed E-state index contributed by atoms with van der Waals surface area (Å²) in [5, 5.41) is 9.28. The number of benzene rings is 3. The van der Waals surface area contributed by atoms with Gasteiger partial charge in [0.15, 0.2) is 0 Å². The fourth-order valence-electron chi connectivity index (χ4n) is 7.57. The number of thiophene rings is 6. The normalized spacial score (nSPS) is 12.1. The molecule has 0 amide bonds. The van der Waals surface area contributed by atoms with Crippen molar-refractivity contribution in [3.8, 4) is 47.1 Å². The van der Waals surface area contributed by atoms with Crippen molar-refractivity contribution in [3.05, 3.63) is 153 Å². The van der Waals surface area contributed by atoms with Gasteiger partial charge in [-0.15, -0.1) is 68.0 Å². The maximum absolute atomic E-state index is 10.8. The Morgan fingerprint density at radius 2 is 1.21 bits per heavy atom. The van der Waals surface area contributed by atoms with Gasteiger partial charge in [-0.25, -0.2) is 6.57 Å². The van der Waals surface area contributed by atoms with Crippen molar-refractivity contribution in [2.75, 3.05) is 4.90 Å². The molecule has 0 spiro atoms. The number of nitrogens with zero attached hydrogens (tertiary/aromatic N) is 3. The summed E-state index contributed by atoms with van der Waals surface area (Å²) in [7, 11) is 0. The lowest BCUT2D eigenvalue weighted by molar-refractivity contribution is -0.124. The topological polar surface area (TPSA) is 57.7 Å². The number of rotatable bonds is 17. The van der Waals surface area contributed by atoms with Crippen molar-refractivity contribution < 1.29 is 9.53 Å². The minimum atomic E-state index is -0.0237. The van der Waals surface area contributed by atoms with Crippen molar-refractivity contribution >= 4 is 116 Å². The zero-order chi connectivity index (χ0) is 43.3. The number of anilines is 3. The monoisotopic (exact) mass is 931 g/mol. The van der Waals surface area contributed by atoms with E-state index in [4.69, 9.17) is 11.3 Å². The second kappa shape index (κ2) is 19.4. The zero-order valence-corrected chi connectivity index (χ0v) is 39.5. The molecule has 0 fully saturated rings. The second-order valence-corrected chi connectivity index (χ2v) is 22.0. The van der Waals surface area contributed by atoms with E-state index < -0.39 is 0 Å². The van der Waals surface area contributed by atoms with Crippen LogP contribution >= 0.6 is 68.0 Å². The first kappa shape index (κ1) is 42.7. The minimum Gasteiger partial charge on any atom is -0.417 e. The lowest BCUT2D eigenvalue weighted by Gasteiger charge is -2.26. The van der Waals surface area contributed by atoms with Crippen LogP contribution in [0.5, 0.6) is 0 Å². The quantitative estimate of drug-likeness (QED) is 0.0300. The Morgan fingerprint density at radius 3 is 1.78 bits per heavy atom. The van der Waals surface area contributed by atoms with Crippen LogP contribution < -0.4 is 4.90 Å². The molecule has 0 aliphatic rings. The summed E-state index contributed by atoms with van der Waals surface area (Å²) in [6, 6.07) is 46.4.